The molecule has 8 nitrogen and oxygen atoms in total. The molecular formula is C13H10ClN3O5. The fraction of sp³-hybridized carbons (Fsp3) is 0.154. The molecule has 0 atom stereocenters. The third-order valence-electron chi connectivity index (χ3n) is 2.49. The van der Waals surface area contributed by atoms with Gasteiger partial charge in [0.25, 0.3) is 0 Å². The molecule has 1 aromatic heterocycles. The molecule has 0 amide bonds. The van der Waals surface area contributed by atoms with Gasteiger partial charge in [0.1, 0.15) is 17.5 Å². The van der Waals surface area contributed by atoms with Crippen LogP contribution >= 0.6 is 11.6 Å². The van der Waals surface area contributed by atoms with Crippen molar-refractivity contribution in [3.63, 3.8) is 0 Å². The number of hydrogen-bond donors (Lipinski definition) is 0. The van der Waals surface area contributed by atoms with E-state index in [9.17, 15) is 14.9 Å². The lowest BCUT2D eigenvalue weighted by Crippen LogP contribution is -2.07. The van der Waals surface area contributed by atoms with Gasteiger partial charge in [-0.25, -0.2) is 9.78 Å². The molecule has 0 saturated carbocycles. The lowest BCUT2D eigenvalue weighted by molar-refractivity contribution is -0.386. The molecule has 22 heavy (non-hydrogen) atoms. The maximum absolute atomic E-state index is 11.8. The van der Waals surface area contributed by atoms with Crippen molar-refractivity contribution >= 4 is 23.3 Å². The average molecular weight is 324 g/mol. The minimum Gasteiger partial charge on any atom is -0.462 e. The van der Waals surface area contributed by atoms with Crippen LogP contribution < -0.4 is 4.74 Å². The van der Waals surface area contributed by atoms with Crippen LogP contribution in [0.2, 0.25) is 5.28 Å². The number of hydrogen-bond acceptors (Lipinski definition) is 7. The first-order valence-electron chi connectivity index (χ1n) is 6.14. The Morgan fingerprint density at radius 2 is 2.14 bits per heavy atom. The largest absolute Gasteiger partial charge is 0.462 e. The summed E-state index contributed by atoms with van der Waals surface area (Å²) in [5, 5.41) is 10.7. The molecule has 0 bridgehead atoms. The summed E-state index contributed by atoms with van der Waals surface area (Å²) in [5.41, 5.74) is -0.351. The molecule has 0 radical (unpaired) electrons. The predicted molar refractivity (Wildman–Crippen MR) is 76.2 cm³/mol. The lowest BCUT2D eigenvalue weighted by Gasteiger charge is -2.09. The highest BCUT2D eigenvalue weighted by molar-refractivity contribution is 6.28. The maximum Gasteiger partial charge on any atom is 0.349 e. The number of nitro groups is 1. The van der Waals surface area contributed by atoms with E-state index in [-0.39, 0.29) is 29.1 Å². The van der Waals surface area contributed by atoms with E-state index >= 15 is 0 Å². The van der Waals surface area contributed by atoms with Gasteiger partial charge in [-0.1, -0.05) is 12.1 Å². The Balaban J connectivity index is 2.42. The van der Waals surface area contributed by atoms with E-state index in [1.807, 2.05) is 0 Å². The number of halogens is 1. The molecule has 2 aromatic rings. The van der Waals surface area contributed by atoms with Crippen LogP contribution in [-0.2, 0) is 4.74 Å². The number of aromatic nitrogens is 2. The summed E-state index contributed by atoms with van der Waals surface area (Å²) < 4.78 is 10.3. The Hall–Kier alpha value is -2.74. The molecule has 0 saturated heterocycles. The molecule has 0 aliphatic rings. The number of carbonyl (C=O) groups excluding carboxylic acids is 1. The van der Waals surface area contributed by atoms with E-state index < -0.39 is 16.6 Å². The Morgan fingerprint density at radius 3 is 2.82 bits per heavy atom. The highest BCUT2D eigenvalue weighted by atomic mass is 35.5. The van der Waals surface area contributed by atoms with Gasteiger partial charge in [0.15, 0.2) is 0 Å². The van der Waals surface area contributed by atoms with Gasteiger partial charge in [0.05, 0.1) is 11.5 Å². The standard InChI is InChI=1S/C13H10ClN3O5/c1-2-21-12(18)8-5-3-4-6-10(8)22-11-9(17(19)20)7-15-13(14)16-11/h3-7H,2H2,1H3. The summed E-state index contributed by atoms with van der Waals surface area (Å²) in [4.78, 5) is 29.3. The molecule has 9 heteroatoms. The fourth-order valence-corrected chi connectivity index (χ4v) is 1.70. The molecule has 0 aliphatic carbocycles. The fourth-order valence-electron chi connectivity index (χ4n) is 1.58. The van der Waals surface area contributed by atoms with Crippen LogP contribution in [0.4, 0.5) is 5.69 Å². The number of esters is 1. The van der Waals surface area contributed by atoms with E-state index in [2.05, 4.69) is 9.97 Å². The lowest BCUT2D eigenvalue weighted by atomic mass is 10.2. The quantitative estimate of drug-likeness (QED) is 0.360. The molecule has 0 unspecified atom stereocenters. The summed E-state index contributed by atoms with van der Waals surface area (Å²) in [5.74, 6) is -0.901. The van der Waals surface area contributed by atoms with E-state index in [1.54, 1.807) is 19.1 Å². The van der Waals surface area contributed by atoms with Gasteiger partial charge in [0, 0.05) is 0 Å². The van der Waals surface area contributed by atoms with Crippen LogP contribution in [0.1, 0.15) is 17.3 Å². The normalized spacial score (nSPS) is 10.1. The minimum absolute atomic E-state index is 0.0683. The van der Waals surface area contributed by atoms with Gasteiger partial charge in [-0.2, -0.15) is 4.98 Å². The SMILES string of the molecule is CCOC(=O)c1ccccc1Oc1nc(Cl)ncc1[N+](=O)[O-]. The zero-order valence-electron chi connectivity index (χ0n) is 11.4. The number of para-hydroxylation sites is 1. The monoisotopic (exact) mass is 323 g/mol. The first-order valence-corrected chi connectivity index (χ1v) is 6.51. The molecule has 114 valence electrons. The number of ether oxygens (including phenoxy) is 2. The van der Waals surface area contributed by atoms with Crippen molar-refractivity contribution < 1.29 is 19.2 Å². The first kappa shape index (κ1) is 15.6. The summed E-state index contributed by atoms with van der Waals surface area (Å²) in [6.45, 7) is 1.85. The molecule has 1 aromatic carbocycles. The number of nitrogens with zero attached hydrogens (tertiary/aromatic N) is 3. The Morgan fingerprint density at radius 1 is 1.41 bits per heavy atom. The molecule has 1 heterocycles. The second-order valence-corrected chi connectivity index (χ2v) is 4.24. The smallest absolute Gasteiger partial charge is 0.349 e. The van der Waals surface area contributed by atoms with Crippen LogP contribution in [0.3, 0.4) is 0 Å². The summed E-state index contributed by atoms with van der Waals surface area (Å²) >= 11 is 5.62. The zero-order valence-corrected chi connectivity index (χ0v) is 12.1. The first-order chi connectivity index (χ1) is 10.5. The average Bonchev–Trinajstić information content (AvgIpc) is 2.47. The molecule has 2 rings (SSSR count). The van der Waals surface area contributed by atoms with Crippen molar-refractivity contribution in [3.05, 3.63) is 51.4 Å². The van der Waals surface area contributed by atoms with E-state index in [4.69, 9.17) is 21.1 Å². The Labute approximate surface area is 129 Å². The van der Waals surface area contributed by atoms with Crippen molar-refractivity contribution in [3.8, 4) is 11.6 Å². The van der Waals surface area contributed by atoms with Crippen LogP contribution in [0.15, 0.2) is 30.5 Å². The second kappa shape index (κ2) is 6.81. The highest BCUT2D eigenvalue weighted by Crippen LogP contribution is 2.31. The van der Waals surface area contributed by atoms with Crippen molar-refractivity contribution in [2.24, 2.45) is 0 Å². The van der Waals surface area contributed by atoms with Gasteiger partial charge in [-0.15, -0.1) is 0 Å². The van der Waals surface area contributed by atoms with Crippen LogP contribution in [0, 0.1) is 10.1 Å². The minimum atomic E-state index is -0.710. The second-order valence-electron chi connectivity index (χ2n) is 3.91. The molecule has 0 spiro atoms. The Kier molecular flexibility index (Phi) is 4.84. The predicted octanol–water partition coefficient (Wildman–Crippen LogP) is 3.01. The molecular weight excluding hydrogens is 314 g/mol. The van der Waals surface area contributed by atoms with Gasteiger partial charge in [-0.05, 0) is 30.7 Å². The Bertz CT molecular complexity index is 723. The van der Waals surface area contributed by atoms with Gasteiger partial charge in [0.2, 0.25) is 5.28 Å². The summed E-state index contributed by atoms with van der Waals surface area (Å²) in [7, 11) is 0. The third-order valence-corrected chi connectivity index (χ3v) is 2.67. The van der Waals surface area contributed by atoms with Crippen molar-refractivity contribution in [1.82, 2.24) is 9.97 Å². The topological polar surface area (TPSA) is 104 Å². The van der Waals surface area contributed by atoms with Gasteiger partial charge < -0.3 is 9.47 Å². The van der Waals surface area contributed by atoms with Crippen LogP contribution in [0.5, 0.6) is 11.6 Å². The van der Waals surface area contributed by atoms with Crippen molar-refractivity contribution in [2.45, 2.75) is 6.92 Å². The molecule has 0 N–H and O–H groups in total. The van der Waals surface area contributed by atoms with Crippen molar-refractivity contribution in [2.75, 3.05) is 6.61 Å². The summed E-state index contributed by atoms with van der Waals surface area (Å²) in [6.07, 6.45) is 0.928. The molecule has 0 fully saturated rings. The van der Waals surface area contributed by atoms with E-state index in [0.29, 0.717) is 0 Å². The van der Waals surface area contributed by atoms with E-state index in [0.717, 1.165) is 6.20 Å². The number of rotatable bonds is 5. The summed E-state index contributed by atoms with van der Waals surface area (Å²) in [6, 6.07) is 6.15. The molecule has 0 aliphatic heterocycles. The number of benzene rings is 1. The number of carbonyl (C=O) groups is 1. The van der Waals surface area contributed by atoms with Gasteiger partial charge in [-0.3, -0.25) is 10.1 Å². The van der Waals surface area contributed by atoms with Crippen LogP contribution in [0.25, 0.3) is 0 Å². The zero-order chi connectivity index (χ0) is 16.1. The van der Waals surface area contributed by atoms with Gasteiger partial charge >= 0.3 is 17.5 Å². The highest BCUT2D eigenvalue weighted by Gasteiger charge is 2.22. The maximum atomic E-state index is 11.8. The third kappa shape index (κ3) is 3.47. The van der Waals surface area contributed by atoms with Crippen LogP contribution in [-0.4, -0.2) is 27.5 Å². The van der Waals surface area contributed by atoms with Crippen molar-refractivity contribution in [1.29, 1.82) is 0 Å². The van der Waals surface area contributed by atoms with E-state index in [1.165, 1.54) is 12.1 Å².